The fourth-order valence-electron chi connectivity index (χ4n) is 6.06. The standard InChI is InChI=1S/C33H41N7O3/c1-5-31(42)40-18-17-39(20-26(40)13-15-34)32-28-14-16-38(30-12-8-10-25-9-6-7-11-27(25)30)21-29(28)35-33(36-32)43-22-23(2)37(4)19-24(3)41/h5-12,23-24,26,41H,1,13-14,16-22H2,2-4H3/t23-,24+,26-/m0/s1. The van der Waals surface area contributed by atoms with Crippen LogP contribution in [-0.2, 0) is 17.8 Å². The number of benzene rings is 2. The molecular weight excluding hydrogens is 542 g/mol. The Morgan fingerprint density at radius 1 is 1.19 bits per heavy atom. The van der Waals surface area contributed by atoms with E-state index in [1.54, 1.807) is 11.8 Å². The molecule has 0 bridgehead atoms. The molecular formula is C33H41N7O3. The summed E-state index contributed by atoms with van der Waals surface area (Å²) in [6, 6.07) is 17.1. The maximum absolute atomic E-state index is 12.5. The van der Waals surface area contributed by atoms with E-state index in [0.29, 0.717) is 45.3 Å². The Morgan fingerprint density at radius 2 is 1.98 bits per heavy atom. The number of amides is 1. The molecule has 0 saturated carbocycles. The predicted molar refractivity (Wildman–Crippen MR) is 168 cm³/mol. The topological polar surface area (TPSA) is 109 Å². The van der Waals surface area contributed by atoms with Gasteiger partial charge in [0.2, 0.25) is 5.91 Å². The summed E-state index contributed by atoms with van der Waals surface area (Å²) in [6.45, 7) is 11.4. The zero-order valence-electron chi connectivity index (χ0n) is 25.3. The Bertz CT molecular complexity index is 1500. The molecule has 0 unspecified atom stereocenters. The molecule has 3 atom stereocenters. The number of carbonyl (C=O) groups excluding carboxylic acids is 1. The van der Waals surface area contributed by atoms with E-state index in [1.807, 2.05) is 14.0 Å². The number of ether oxygens (including phenoxy) is 1. The Morgan fingerprint density at radius 3 is 2.74 bits per heavy atom. The van der Waals surface area contributed by atoms with Gasteiger partial charge < -0.3 is 24.5 Å². The molecule has 1 saturated heterocycles. The summed E-state index contributed by atoms with van der Waals surface area (Å²) in [7, 11) is 1.96. The average molecular weight is 584 g/mol. The van der Waals surface area contributed by atoms with Crippen molar-refractivity contribution < 1.29 is 14.6 Å². The van der Waals surface area contributed by atoms with Gasteiger partial charge in [-0.1, -0.05) is 43.0 Å². The van der Waals surface area contributed by atoms with Crippen LogP contribution in [0.2, 0.25) is 0 Å². The van der Waals surface area contributed by atoms with E-state index in [1.165, 1.54) is 22.5 Å². The van der Waals surface area contributed by atoms with Crippen LogP contribution in [0.1, 0.15) is 31.5 Å². The number of piperazine rings is 1. The largest absolute Gasteiger partial charge is 0.462 e. The van der Waals surface area contributed by atoms with Crippen molar-refractivity contribution in [3.63, 3.8) is 0 Å². The first-order valence-corrected chi connectivity index (χ1v) is 15.0. The molecule has 5 rings (SSSR count). The molecule has 1 fully saturated rings. The molecule has 0 radical (unpaired) electrons. The van der Waals surface area contributed by atoms with Crippen molar-refractivity contribution in [3.8, 4) is 12.1 Å². The molecule has 3 heterocycles. The molecule has 2 aromatic carbocycles. The lowest BCUT2D eigenvalue weighted by molar-refractivity contribution is -0.128. The van der Waals surface area contributed by atoms with E-state index < -0.39 is 6.10 Å². The Hall–Kier alpha value is -4.20. The molecule has 1 amide bonds. The summed E-state index contributed by atoms with van der Waals surface area (Å²) in [4.78, 5) is 30.7. The molecule has 2 aliphatic rings. The highest BCUT2D eigenvalue weighted by molar-refractivity contribution is 5.94. The molecule has 2 aliphatic heterocycles. The van der Waals surface area contributed by atoms with Gasteiger partial charge in [0, 0.05) is 55.4 Å². The van der Waals surface area contributed by atoms with E-state index in [9.17, 15) is 15.2 Å². The van der Waals surface area contributed by atoms with Crippen LogP contribution < -0.4 is 14.5 Å². The van der Waals surface area contributed by atoms with Crippen LogP contribution in [0.15, 0.2) is 55.1 Å². The number of nitrogens with zero attached hydrogens (tertiary/aromatic N) is 7. The van der Waals surface area contributed by atoms with Gasteiger partial charge in [-0.25, -0.2) is 0 Å². The number of hydrogen-bond donors (Lipinski definition) is 1. The van der Waals surface area contributed by atoms with Gasteiger partial charge in [-0.3, -0.25) is 9.69 Å². The van der Waals surface area contributed by atoms with Crippen molar-refractivity contribution in [2.24, 2.45) is 0 Å². The van der Waals surface area contributed by atoms with Gasteiger partial charge >= 0.3 is 6.01 Å². The minimum absolute atomic E-state index is 0.0401. The van der Waals surface area contributed by atoms with Crippen LogP contribution in [0.5, 0.6) is 6.01 Å². The minimum Gasteiger partial charge on any atom is -0.462 e. The van der Waals surface area contributed by atoms with E-state index in [4.69, 9.17) is 14.7 Å². The number of aliphatic hydroxyl groups excluding tert-OH is 1. The number of nitriles is 1. The maximum atomic E-state index is 12.5. The normalized spacial score (nSPS) is 18.2. The summed E-state index contributed by atoms with van der Waals surface area (Å²) in [5, 5.41) is 21.7. The van der Waals surface area contributed by atoms with Crippen molar-refractivity contribution in [1.29, 1.82) is 5.26 Å². The van der Waals surface area contributed by atoms with Crippen molar-refractivity contribution in [1.82, 2.24) is 19.8 Å². The lowest BCUT2D eigenvalue weighted by Gasteiger charge is -2.42. The van der Waals surface area contributed by atoms with Gasteiger partial charge in [-0.05, 0) is 44.8 Å². The van der Waals surface area contributed by atoms with Crippen LogP contribution in [-0.4, -0.2) is 95.3 Å². The molecule has 10 heteroatoms. The predicted octanol–water partition coefficient (Wildman–Crippen LogP) is 3.39. The molecule has 3 aromatic rings. The van der Waals surface area contributed by atoms with Crippen molar-refractivity contribution in [2.45, 2.75) is 51.4 Å². The summed E-state index contributed by atoms with van der Waals surface area (Å²) >= 11 is 0. The zero-order valence-corrected chi connectivity index (χ0v) is 25.3. The highest BCUT2D eigenvalue weighted by Crippen LogP contribution is 2.34. The zero-order chi connectivity index (χ0) is 30.5. The maximum Gasteiger partial charge on any atom is 0.318 e. The van der Waals surface area contributed by atoms with Crippen molar-refractivity contribution in [3.05, 3.63) is 66.4 Å². The highest BCUT2D eigenvalue weighted by atomic mass is 16.5. The monoisotopic (exact) mass is 583 g/mol. The third kappa shape index (κ3) is 6.74. The fraction of sp³-hybridized carbons (Fsp3) is 0.455. The molecule has 1 aromatic heterocycles. The number of aromatic nitrogens is 2. The van der Waals surface area contributed by atoms with Crippen LogP contribution in [0, 0.1) is 11.3 Å². The van der Waals surface area contributed by atoms with Crippen molar-refractivity contribution in [2.75, 3.05) is 56.2 Å². The number of carbonyl (C=O) groups is 1. The van der Waals surface area contributed by atoms with E-state index in [0.717, 1.165) is 30.0 Å². The number of likely N-dealkylation sites (N-methyl/N-ethyl adjacent to an activating group) is 1. The molecule has 0 aliphatic carbocycles. The smallest absolute Gasteiger partial charge is 0.318 e. The van der Waals surface area contributed by atoms with E-state index in [2.05, 4.69) is 69.8 Å². The SMILES string of the molecule is C=CC(=O)N1CCN(c2nc(OC[C@H](C)N(C)C[C@@H](C)O)nc3c2CCN(c2cccc4ccccc24)C3)C[C@@H]1CC#N. The van der Waals surface area contributed by atoms with Gasteiger partial charge in [-0.2, -0.15) is 15.2 Å². The van der Waals surface area contributed by atoms with Gasteiger partial charge in [0.25, 0.3) is 0 Å². The molecule has 226 valence electrons. The first-order valence-electron chi connectivity index (χ1n) is 15.0. The van der Waals surface area contributed by atoms with Gasteiger partial charge in [0.1, 0.15) is 12.4 Å². The number of aliphatic hydroxyl groups is 1. The number of fused-ring (bicyclic) bond motifs is 2. The second kappa shape index (κ2) is 13.4. The minimum atomic E-state index is -0.438. The van der Waals surface area contributed by atoms with E-state index >= 15 is 0 Å². The Labute approximate surface area is 253 Å². The first-order chi connectivity index (χ1) is 20.8. The lowest BCUT2D eigenvalue weighted by Crippen LogP contribution is -2.55. The van der Waals surface area contributed by atoms with Crippen LogP contribution in [0.4, 0.5) is 11.5 Å². The summed E-state index contributed by atoms with van der Waals surface area (Å²) < 4.78 is 6.21. The average Bonchev–Trinajstić information content (AvgIpc) is 3.02. The quantitative estimate of drug-likeness (QED) is 0.359. The second-order valence-electron chi connectivity index (χ2n) is 11.6. The van der Waals surface area contributed by atoms with Gasteiger partial charge in [0.15, 0.2) is 0 Å². The second-order valence-corrected chi connectivity index (χ2v) is 11.6. The first kappa shape index (κ1) is 30.3. The van der Waals surface area contributed by atoms with E-state index in [-0.39, 0.29) is 24.4 Å². The number of anilines is 2. The summed E-state index contributed by atoms with van der Waals surface area (Å²) in [5.74, 6) is 0.658. The Kier molecular flexibility index (Phi) is 9.43. The third-order valence-corrected chi connectivity index (χ3v) is 8.46. The van der Waals surface area contributed by atoms with Gasteiger partial charge in [0.05, 0.1) is 36.9 Å². The lowest BCUT2D eigenvalue weighted by atomic mass is 10.0. The molecule has 0 spiro atoms. The number of rotatable bonds is 10. The van der Waals surface area contributed by atoms with Crippen molar-refractivity contribution >= 4 is 28.2 Å². The van der Waals surface area contributed by atoms with Crippen LogP contribution >= 0.6 is 0 Å². The van der Waals surface area contributed by atoms with Crippen LogP contribution in [0.25, 0.3) is 10.8 Å². The third-order valence-electron chi connectivity index (χ3n) is 8.46. The molecule has 1 N–H and O–H groups in total. The van der Waals surface area contributed by atoms with Crippen LogP contribution in [0.3, 0.4) is 0 Å². The Balaban J connectivity index is 1.46. The fourth-order valence-corrected chi connectivity index (χ4v) is 6.06. The molecule has 10 nitrogen and oxygen atoms in total. The number of hydrogen-bond acceptors (Lipinski definition) is 9. The summed E-state index contributed by atoms with van der Waals surface area (Å²) in [6.07, 6.45) is 1.87. The molecule has 43 heavy (non-hydrogen) atoms. The highest BCUT2D eigenvalue weighted by Gasteiger charge is 2.33. The summed E-state index contributed by atoms with van der Waals surface area (Å²) in [5.41, 5.74) is 3.18. The van der Waals surface area contributed by atoms with Gasteiger partial charge in [-0.15, -0.1) is 0 Å².